The first-order chi connectivity index (χ1) is 11.9. The molecule has 0 aromatic heterocycles. The highest BCUT2D eigenvalue weighted by atomic mass is 32.2. The summed E-state index contributed by atoms with van der Waals surface area (Å²) in [7, 11) is -3.12. The molecule has 1 N–H and O–H groups in total. The maximum atomic E-state index is 12.4. The lowest BCUT2D eigenvalue weighted by molar-refractivity contribution is -0.133. The Bertz CT molecular complexity index is 815. The van der Waals surface area contributed by atoms with E-state index < -0.39 is 15.9 Å². The monoisotopic (exact) mass is 363 g/mol. The van der Waals surface area contributed by atoms with E-state index in [-0.39, 0.29) is 41.9 Å². The summed E-state index contributed by atoms with van der Waals surface area (Å²) in [4.78, 5) is 24.5. The van der Waals surface area contributed by atoms with Crippen molar-refractivity contribution >= 4 is 33.1 Å². The normalized spacial score (nSPS) is 22.6. The van der Waals surface area contributed by atoms with E-state index in [1.165, 1.54) is 10.6 Å². The Morgan fingerprint density at radius 2 is 2.00 bits per heavy atom. The molecule has 1 saturated heterocycles. The van der Waals surface area contributed by atoms with Crippen LogP contribution in [0.25, 0.3) is 0 Å². The predicted octanol–water partition coefficient (Wildman–Crippen LogP) is 1.35. The summed E-state index contributed by atoms with van der Waals surface area (Å²) in [5.41, 5.74) is 2.09. The fourth-order valence-electron chi connectivity index (χ4n) is 3.02. The number of sulfone groups is 1. The van der Waals surface area contributed by atoms with Crippen LogP contribution in [0, 0.1) is 0 Å². The van der Waals surface area contributed by atoms with E-state index in [9.17, 15) is 18.0 Å². The zero-order chi connectivity index (χ0) is 18.0. The Morgan fingerprint density at radius 3 is 2.60 bits per heavy atom. The lowest BCUT2D eigenvalue weighted by Crippen LogP contribution is -2.42. The molecule has 0 spiro atoms. The molecular formula is C17H21N3O4S. The maximum absolute atomic E-state index is 12.4. The highest BCUT2D eigenvalue weighted by molar-refractivity contribution is 7.91. The lowest BCUT2D eigenvalue weighted by atomic mass is 10.1. The number of amides is 2. The molecule has 0 saturated carbocycles. The third kappa shape index (κ3) is 4.07. The quantitative estimate of drug-likeness (QED) is 0.873. The van der Waals surface area contributed by atoms with Crippen molar-refractivity contribution in [1.29, 1.82) is 0 Å². The van der Waals surface area contributed by atoms with Gasteiger partial charge in [-0.05, 0) is 30.5 Å². The summed E-state index contributed by atoms with van der Waals surface area (Å²) in [5.74, 6) is -0.619. The second-order valence-electron chi connectivity index (χ2n) is 6.35. The Kier molecular flexibility index (Phi) is 4.89. The van der Waals surface area contributed by atoms with Crippen molar-refractivity contribution in [3.8, 4) is 0 Å². The molecule has 1 fully saturated rings. The van der Waals surface area contributed by atoms with Crippen molar-refractivity contribution in [2.45, 2.75) is 38.6 Å². The summed E-state index contributed by atoms with van der Waals surface area (Å²) < 4.78 is 23.3. The van der Waals surface area contributed by atoms with E-state index in [4.69, 9.17) is 0 Å². The van der Waals surface area contributed by atoms with Crippen molar-refractivity contribution in [3.05, 3.63) is 29.8 Å². The average molecular weight is 363 g/mol. The Hall–Kier alpha value is -2.22. The van der Waals surface area contributed by atoms with Gasteiger partial charge in [-0.25, -0.2) is 13.4 Å². The van der Waals surface area contributed by atoms with Crippen LogP contribution in [0.3, 0.4) is 0 Å². The number of hydrazone groups is 1. The third-order valence-corrected chi connectivity index (χ3v) is 6.25. The molecule has 0 radical (unpaired) electrons. The summed E-state index contributed by atoms with van der Waals surface area (Å²) >= 11 is 0. The molecule has 2 amide bonds. The number of anilines is 1. The van der Waals surface area contributed by atoms with Crippen molar-refractivity contribution in [1.82, 2.24) is 5.01 Å². The van der Waals surface area contributed by atoms with E-state index in [0.29, 0.717) is 12.1 Å². The number of carbonyl (C=O) groups excluding carboxylic acids is 2. The Morgan fingerprint density at radius 1 is 1.28 bits per heavy atom. The van der Waals surface area contributed by atoms with Gasteiger partial charge in [0.2, 0.25) is 5.91 Å². The number of aryl methyl sites for hydroxylation is 1. The van der Waals surface area contributed by atoms with Crippen molar-refractivity contribution in [3.63, 3.8) is 0 Å². The number of hydrogen-bond acceptors (Lipinski definition) is 5. The molecule has 1 aromatic carbocycles. The largest absolute Gasteiger partial charge is 0.321 e. The van der Waals surface area contributed by atoms with Gasteiger partial charge in [-0.3, -0.25) is 9.59 Å². The predicted molar refractivity (Wildman–Crippen MR) is 95.0 cm³/mol. The zero-order valence-corrected chi connectivity index (χ0v) is 14.9. The minimum atomic E-state index is -3.12. The van der Waals surface area contributed by atoms with Crippen LogP contribution in [0.15, 0.2) is 29.4 Å². The van der Waals surface area contributed by atoms with Crippen molar-refractivity contribution in [2.24, 2.45) is 5.10 Å². The summed E-state index contributed by atoms with van der Waals surface area (Å²) in [5, 5.41) is 8.14. The minimum absolute atomic E-state index is 0.0578. The Balaban J connectivity index is 1.72. The van der Waals surface area contributed by atoms with Gasteiger partial charge in [0, 0.05) is 18.5 Å². The molecule has 134 valence electrons. The lowest BCUT2D eigenvalue weighted by Gasteiger charge is -2.27. The molecule has 8 heteroatoms. The van der Waals surface area contributed by atoms with Gasteiger partial charge in [-0.2, -0.15) is 5.10 Å². The molecule has 1 aromatic rings. The van der Waals surface area contributed by atoms with Gasteiger partial charge >= 0.3 is 0 Å². The topological polar surface area (TPSA) is 95.9 Å². The fourth-order valence-corrected chi connectivity index (χ4v) is 4.71. The maximum Gasteiger partial charge on any atom is 0.271 e. The summed E-state index contributed by atoms with van der Waals surface area (Å²) in [6, 6.07) is 7.07. The molecule has 0 aliphatic carbocycles. The number of carbonyl (C=O) groups is 2. The first-order valence-electron chi connectivity index (χ1n) is 8.38. The van der Waals surface area contributed by atoms with Crippen LogP contribution in [0.4, 0.5) is 5.69 Å². The van der Waals surface area contributed by atoms with E-state index in [2.05, 4.69) is 17.3 Å². The van der Waals surface area contributed by atoms with Crippen molar-refractivity contribution in [2.75, 3.05) is 16.8 Å². The first kappa shape index (κ1) is 17.6. The molecule has 25 heavy (non-hydrogen) atoms. The van der Waals surface area contributed by atoms with Gasteiger partial charge in [0.25, 0.3) is 5.91 Å². The zero-order valence-electron chi connectivity index (χ0n) is 14.1. The van der Waals surface area contributed by atoms with E-state index >= 15 is 0 Å². The smallest absolute Gasteiger partial charge is 0.271 e. The molecule has 1 atom stereocenters. The standard InChI is InChI=1S/C17H21N3O4S/c1-2-12-3-5-13(6-4-12)18-17(22)15-7-8-16(21)20(19-15)14-9-10-25(23,24)11-14/h3-6,14H,2,7-11H2,1H3,(H,18,22)/t14-/m0/s1. The number of nitrogens with zero attached hydrogens (tertiary/aromatic N) is 2. The highest BCUT2D eigenvalue weighted by Crippen LogP contribution is 2.22. The molecular weight excluding hydrogens is 342 g/mol. The summed E-state index contributed by atoms with van der Waals surface area (Å²) in [6.07, 6.45) is 1.71. The van der Waals surface area contributed by atoms with E-state index in [0.717, 1.165) is 6.42 Å². The van der Waals surface area contributed by atoms with Gasteiger partial charge in [0.1, 0.15) is 5.71 Å². The van der Waals surface area contributed by atoms with Crippen LogP contribution >= 0.6 is 0 Å². The molecule has 2 heterocycles. The van der Waals surface area contributed by atoms with Crippen LogP contribution in [0.2, 0.25) is 0 Å². The van der Waals surface area contributed by atoms with Crippen LogP contribution in [-0.4, -0.2) is 48.5 Å². The second kappa shape index (κ2) is 6.95. The van der Waals surface area contributed by atoms with Crippen LogP contribution < -0.4 is 5.32 Å². The number of hydrogen-bond donors (Lipinski definition) is 1. The molecule has 7 nitrogen and oxygen atoms in total. The van der Waals surface area contributed by atoms with Gasteiger partial charge in [-0.1, -0.05) is 19.1 Å². The van der Waals surface area contributed by atoms with Crippen LogP contribution in [0.5, 0.6) is 0 Å². The highest BCUT2D eigenvalue weighted by Gasteiger charge is 2.37. The average Bonchev–Trinajstić information content (AvgIpc) is 2.95. The van der Waals surface area contributed by atoms with Gasteiger partial charge in [0.05, 0.1) is 17.5 Å². The number of rotatable bonds is 4. The van der Waals surface area contributed by atoms with Gasteiger partial charge in [-0.15, -0.1) is 0 Å². The number of nitrogens with one attached hydrogen (secondary N) is 1. The summed E-state index contributed by atoms with van der Waals surface area (Å²) in [6.45, 7) is 2.05. The van der Waals surface area contributed by atoms with Crippen LogP contribution in [0.1, 0.15) is 31.7 Å². The Labute approximate surface area is 147 Å². The van der Waals surface area contributed by atoms with E-state index in [1.807, 2.05) is 24.3 Å². The van der Waals surface area contributed by atoms with Gasteiger partial charge < -0.3 is 5.32 Å². The first-order valence-corrected chi connectivity index (χ1v) is 10.2. The van der Waals surface area contributed by atoms with Crippen LogP contribution in [-0.2, 0) is 25.8 Å². The van der Waals surface area contributed by atoms with Crippen molar-refractivity contribution < 1.29 is 18.0 Å². The van der Waals surface area contributed by atoms with E-state index in [1.54, 1.807) is 0 Å². The molecule has 2 aliphatic heterocycles. The fraction of sp³-hybridized carbons (Fsp3) is 0.471. The molecule has 2 aliphatic rings. The number of benzene rings is 1. The van der Waals surface area contributed by atoms with Gasteiger partial charge in [0.15, 0.2) is 9.84 Å². The molecule has 3 rings (SSSR count). The third-order valence-electron chi connectivity index (χ3n) is 4.50. The molecule has 0 unspecified atom stereocenters. The minimum Gasteiger partial charge on any atom is -0.321 e. The molecule has 0 bridgehead atoms. The second-order valence-corrected chi connectivity index (χ2v) is 8.58. The SMILES string of the molecule is CCc1ccc(NC(=O)C2=NN([C@H]3CCS(=O)(=O)C3)C(=O)CC2)cc1.